The number of nitrogens with one attached hydrogen (secondary N) is 1. The van der Waals surface area contributed by atoms with Crippen LogP contribution < -0.4 is 16.6 Å². The van der Waals surface area contributed by atoms with Gasteiger partial charge in [0.1, 0.15) is 0 Å². The molecule has 0 amide bonds. The summed E-state index contributed by atoms with van der Waals surface area (Å²) in [4.78, 5) is 28.4. The molecule has 0 aromatic carbocycles. The van der Waals surface area contributed by atoms with E-state index in [2.05, 4.69) is 24.1 Å². The number of rotatable bonds is 4. The SMILES string of the molecule is CC(C)NCC(C)n1cnc2c1c(=O)n(C)c(=O)n2C. The summed E-state index contributed by atoms with van der Waals surface area (Å²) in [5, 5.41) is 3.33. The Kier molecular flexibility index (Phi) is 3.80. The highest BCUT2D eigenvalue weighted by Gasteiger charge is 2.17. The summed E-state index contributed by atoms with van der Waals surface area (Å²) in [6.45, 7) is 6.89. The zero-order valence-electron chi connectivity index (χ0n) is 12.5. The summed E-state index contributed by atoms with van der Waals surface area (Å²) in [5.41, 5.74) is 0.222. The zero-order chi connectivity index (χ0) is 15.0. The van der Waals surface area contributed by atoms with Gasteiger partial charge in [-0.3, -0.25) is 13.9 Å². The first kappa shape index (κ1) is 14.5. The van der Waals surface area contributed by atoms with Crippen molar-refractivity contribution in [3.05, 3.63) is 27.2 Å². The van der Waals surface area contributed by atoms with E-state index in [1.165, 1.54) is 11.6 Å². The molecule has 0 fully saturated rings. The predicted molar refractivity (Wildman–Crippen MR) is 78.1 cm³/mol. The number of hydrogen-bond donors (Lipinski definition) is 1. The molecule has 1 unspecified atom stereocenters. The van der Waals surface area contributed by atoms with E-state index in [9.17, 15) is 9.59 Å². The lowest BCUT2D eigenvalue weighted by Crippen LogP contribution is -2.38. The largest absolute Gasteiger partial charge is 0.332 e. The van der Waals surface area contributed by atoms with E-state index in [1.807, 2.05) is 11.5 Å². The molecule has 1 N–H and O–H groups in total. The molecule has 7 nitrogen and oxygen atoms in total. The highest BCUT2D eigenvalue weighted by atomic mass is 16.2. The number of nitrogens with zero attached hydrogens (tertiary/aromatic N) is 4. The third-order valence-corrected chi connectivity index (χ3v) is 3.47. The van der Waals surface area contributed by atoms with Gasteiger partial charge in [0.15, 0.2) is 11.2 Å². The molecule has 0 radical (unpaired) electrons. The molecule has 0 aliphatic carbocycles. The Balaban J connectivity index is 2.57. The minimum atomic E-state index is -0.360. The summed E-state index contributed by atoms with van der Waals surface area (Å²) >= 11 is 0. The smallest absolute Gasteiger partial charge is 0.321 e. The van der Waals surface area contributed by atoms with Gasteiger partial charge in [-0.1, -0.05) is 13.8 Å². The van der Waals surface area contributed by atoms with Crippen LogP contribution in [0.4, 0.5) is 0 Å². The molecule has 7 heteroatoms. The van der Waals surface area contributed by atoms with Gasteiger partial charge in [-0.2, -0.15) is 0 Å². The minimum absolute atomic E-state index is 0.0765. The van der Waals surface area contributed by atoms with Gasteiger partial charge in [0.05, 0.1) is 6.33 Å². The van der Waals surface area contributed by atoms with E-state index in [0.29, 0.717) is 17.2 Å². The van der Waals surface area contributed by atoms with Crippen LogP contribution in [-0.2, 0) is 14.1 Å². The fourth-order valence-electron chi connectivity index (χ4n) is 2.20. The van der Waals surface area contributed by atoms with Gasteiger partial charge in [-0.25, -0.2) is 9.78 Å². The maximum Gasteiger partial charge on any atom is 0.332 e. The Morgan fingerprint density at radius 1 is 1.20 bits per heavy atom. The molecule has 110 valence electrons. The molecule has 20 heavy (non-hydrogen) atoms. The van der Waals surface area contributed by atoms with Crippen molar-refractivity contribution in [3.63, 3.8) is 0 Å². The number of imidazole rings is 1. The first-order valence-corrected chi connectivity index (χ1v) is 6.70. The minimum Gasteiger partial charge on any atom is -0.321 e. The molecule has 1 atom stereocenters. The van der Waals surface area contributed by atoms with Crippen LogP contribution in [0.5, 0.6) is 0 Å². The summed E-state index contributed by atoms with van der Waals surface area (Å²) in [6.07, 6.45) is 1.62. The topological polar surface area (TPSA) is 73.8 Å². The average molecular weight is 279 g/mol. The van der Waals surface area contributed by atoms with Gasteiger partial charge in [0.2, 0.25) is 0 Å². The monoisotopic (exact) mass is 279 g/mol. The molecule has 0 saturated heterocycles. The molecule has 0 spiro atoms. The van der Waals surface area contributed by atoms with Crippen LogP contribution >= 0.6 is 0 Å². The van der Waals surface area contributed by atoms with Crippen molar-refractivity contribution in [1.29, 1.82) is 0 Å². The van der Waals surface area contributed by atoms with Gasteiger partial charge >= 0.3 is 5.69 Å². The van der Waals surface area contributed by atoms with E-state index in [0.717, 1.165) is 11.1 Å². The van der Waals surface area contributed by atoms with Gasteiger partial charge in [-0.05, 0) is 6.92 Å². The third-order valence-electron chi connectivity index (χ3n) is 3.47. The van der Waals surface area contributed by atoms with Crippen LogP contribution in [0.1, 0.15) is 26.8 Å². The van der Waals surface area contributed by atoms with Crippen LogP contribution in [-0.4, -0.2) is 31.3 Å². The van der Waals surface area contributed by atoms with Crippen LogP contribution in [0.25, 0.3) is 11.2 Å². The number of fused-ring (bicyclic) bond motifs is 1. The van der Waals surface area contributed by atoms with Gasteiger partial charge in [0, 0.05) is 32.7 Å². The second-order valence-corrected chi connectivity index (χ2v) is 5.44. The fraction of sp³-hybridized carbons (Fsp3) is 0.615. The number of aromatic nitrogens is 4. The first-order valence-electron chi connectivity index (χ1n) is 6.70. The van der Waals surface area contributed by atoms with Gasteiger partial charge in [-0.15, -0.1) is 0 Å². The number of hydrogen-bond acceptors (Lipinski definition) is 4. The molecule has 2 heterocycles. The Bertz CT molecular complexity index is 738. The van der Waals surface area contributed by atoms with E-state index in [4.69, 9.17) is 0 Å². The average Bonchev–Trinajstić information content (AvgIpc) is 2.85. The molecule has 2 aromatic rings. The first-order chi connectivity index (χ1) is 9.34. The normalized spacial score (nSPS) is 13.3. The molecule has 0 aliphatic rings. The number of aryl methyl sites for hydroxylation is 1. The summed E-state index contributed by atoms with van der Waals surface area (Å²) in [5.74, 6) is 0. The Hall–Kier alpha value is -1.89. The molecule has 0 bridgehead atoms. The highest BCUT2D eigenvalue weighted by Crippen LogP contribution is 2.12. The molecular formula is C13H21N5O2. The van der Waals surface area contributed by atoms with Crippen molar-refractivity contribution < 1.29 is 0 Å². The van der Waals surface area contributed by atoms with Crippen molar-refractivity contribution in [2.24, 2.45) is 14.1 Å². The quantitative estimate of drug-likeness (QED) is 0.854. The van der Waals surface area contributed by atoms with Crippen LogP contribution in [0.15, 0.2) is 15.9 Å². The third kappa shape index (κ3) is 2.29. The van der Waals surface area contributed by atoms with E-state index in [-0.39, 0.29) is 17.3 Å². The van der Waals surface area contributed by atoms with Crippen molar-refractivity contribution in [1.82, 2.24) is 24.0 Å². The van der Waals surface area contributed by atoms with Crippen LogP contribution in [0, 0.1) is 0 Å². The molecular weight excluding hydrogens is 258 g/mol. The van der Waals surface area contributed by atoms with Crippen LogP contribution in [0.3, 0.4) is 0 Å². The van der Waals surface area contributed by atoms with Gasteiger partial charge < -0.3 is 9.88 Å². The molecule has 0 saturated carbocycles. The van der Waals surface area contributed by atoms with E-state index < -0.39 is 0 Å². The summed E-state index contributed by atoms with van der Waals surface area (Å²) in [7, 11) is 3.11. The molecule has 2 rings (SSSR count). The Morgan fingerprint density at radius 2 is 1.85 bits per heavy atom. The lowest BCUT2D eigenvalue weighted by Gasteiger charge is -2.17. The van der Waals surface area contributed by atoms with Gasteiger partial charge in [0.25, 0.3) is 5.56 Å². The van der Waals surface area contributed by atoms with Crippen molar-refractivity contribution in [2.45, 2.75) is 32.9 Å². The highest BCUT2D eigenvalue weighted by molar-refractivity contribution is 5.70. The fourth-order valence-corrected chi connectivity index (χ4v) is 2.20. The maximum absolute atomic E-state index is 12.3. The van der Waals surface area contributed by atoms with Crippen molar-refractivity contribution >= 4 is 11.2 Å². The van der Waals surface area contributed by atoms with Crippen molar-refractivity contribution in [3.8, 4) is 0 Å². The van der Waals surface area contributed by atoms with Crippen LogP contribution in [0.2, 0.25) is 0 Å². The second-order valence-electron chi connectivity index (χ2n) is 5.44. The second kappa shape index (κ2) is 5.24. The summed E-state index contributed by atoms with van der Waals surface area (Å²) < 4.78 is 4.34. The standard InChI is InChI=1S/C13H21N5O2/c1-8(2)14-6-9(3)18-7-15-11-10(18)12(19)17(5)13(20)16(11)4/h7-9,14H,6H2,1-5H3. The van der Waals surface area contributed by atoms with Crippen molar-refractivity contribution in [2.75, 3.05) is 6.54 Å². The maximum atomic E-state index is 12.3. The lowest BCUT2D eigenvalue weighted by molar-refractivity contribution is 0.470. The Labute approximate surface area is 116 Å². The summed E-state index contributed by atoms with van der Waals surface area (Å²) in [6, 6.07) is 0.451. The lowest BCUT2D eigenvalue weighted by atomic mass is 10.3. The zero-order valence-corrected chi connectivity index (χ0v) is 12.5. The predicted octanol–water partition coefficient (Wildman–Crippen LogP) is -0.00730. The molecule has 0 aliphatic heterocycles. The van der Waals surface area contributed by atoms with E-state index in [1.54, 1.807) is 13.4 Å². The molecule has 2 aromatic heterocycles. The Morgan fingerprint density at radius 3 is 2.45 bits per heavy atom. The van der Waals surface area contributed by atoms with E-state index >= 15 is 0 Å².